The van der Waals surface area contributed by atoms with E-state index in [9.17, 15) is 9.90 Å². The van der Waals surface area contributed by atoms with E-state index in [0.29, 0.717) is 29.9 Å². The normalized spacial score (nSPS) is 11.2. The number of nitrogens with zero attached hydrogens (tertiary/aromatic N) is 2. The average molecular weight is 449 g/mol. The first kappa shape index (κ1) is 23.1. The fourth-order valence-corrected chi connectivity index (χ4v) is 3.54. The van der Waals surface area contributed by atoms with Gasteiger partial charge in [0.05, 0.1) is 17.0 Å². The smallest absolute Gasteiger partial charge is 0.227 e. The van der Waals surface area contributed by atoms with E-state index in [0.717, 1.165) is 22.2 Å². The Morgan fingerprint density at radius 3 is 2.34 bits per heavy atom. The number of anilines is 1. The first-order valence-electron chi connectivity index (χ1n) is 10.1. The molecule has 1 heterocycles. The number of rotatable bonds is 6. The van der Waals surface area contributed by atoms with Gasteiger partial charge in [-0.2, -0.15) is 0 Å². The molecule has 0 aliphatic carbocycles. The topological polar surface area (TPSA) is 94.7 Å². The van der Waals surface area contributed by atoms with Gasteiger partial charge in [0.15, 0.2) is 5.88 Å². The number of carbonyl (C=O) groups is 1. The Labute approximate surface area is 192 Å². The minimum absolute atomic E-state index is 0. The standard InChI is InChI=1S/C25H24N4O2.ClH/c1-29(22(30)15-16-26)19-13-11-18(12-14-19)27-24(17-7-3-2-4-8-17)23-20-9-5-6-10-21(20)28-25(23)31;/h2-14,28,31H,15-16,26H2,1H3;1H. The minimum atomic E-state index is -0.0348. The summed E-state index contributed by atoms with van der Waals surface area (Å²) >= 11 is 0. The maximum Gasteiger partial charge on any atom is 0.227 e. The molecule has 7 heteroatoms. The van der Waals surface area contributed by atoms with E-state index >= 15 is 0 Å². The molecule has 1 aromatic heterocycles. The van der Waals surface area contributed by atoms with E-state index in [2.05, 4.69) is 4.98 Å². The summed E-state index contributed by atoms with van der Waals surface area (Å²) in [6.07, 6.45) is 0.300. The second-order valence-electron chi connectivity index (χ2n) is 7.23. The maximum absolute atomic E-state index is 12.1. The summed E-state index contributed by atoms with van der Waals surface area (Å²) in [6, 6.07) is 24.9. The molecule has 0 atom stereocenters. The van der Waals surface area contributed by atoms with Crippen LogP contribution in [0, 0.1) is 0 Å². The number of hydrogen-bond donors (Lipinski definition) is 3. The lowest BCUT2D eigenvalue weighted by molar-refractivity contribution is -0.118. The predicted molar refractivity (Wildman–Crippen MR) is 132 cm³/mol. The van der Waals surface area contributed by atoms with Crippen molar-refractivity contribution in [1.82, 2.24) is 4.98 Å². The minimum Gasteiger partial charge on any atom is -0.494 e. The highest BCUT2D eigenvalue weighted by molar-refractivity contribution is 6.21. The molecule has 0 unspecified atom stereocenters. The zero-order valence-corrected chi connectivity index (χ0v) is 18.5. The van der Waals surface area contributed by atoms with Crippen molar-refractivity contribution in [3.63, 3.8) is 0 Å². The van der Waals surface area contributed by atoms with Crippen LogP contribution < -0.4 is 10.6 Å². The Balaban J connectivity index is 0.00000289. The largest absolute Gasteiger partial charge is 0.494 e. The maximum atomic E-state index is 12.1. The number of halogens is 1. The molecular formula is C25H25ClN4O2. The van der Waals surface area contributed by atoms with Crippen molar-refractivity contribution in [2.75, 3.05) is 18.5 Å². The molecule has 0 radical (unpaired) electrons. The van der Waals surface area contributed by atoms with E-state index in [1.54, 1.807) is 11.9 Å². The highest BCUT2D eigenvalue weighted by atomic mass is 35.5. The second kappa shape index (κ2) is 10.1. The number of nitrogens with two attached hydrogens (primary N) is 1. The molecule has 164 valence electrons. The van der Waals surface area contributed by atoms with Crippen molar-refractivity contribution in [2.24, 2.45) is 10.7 Å². The summed E-state index contributed by atoms with van der Waals surface area (Å²) in [6.45, 7) is 0.320. The zero-order valence-electron chi connectivity index (χ0n) is 17.7. The first-order chi connectivity index (χ1) is 15.1. The molecule has 32 heavy (non-hydrogen) atoms. The summed E-state index contributed by atoms with van der Waals surface area (Å²) in [7, 11) is 1.73. The number of carbonyl (C=O) groups excluding carboxylic acids is 1. The van der Waals surface area contributed by atoms with Gasteiger partial charge in [-0.25, -0.2) is 4.99 Å². The summed E-state index contributed by atoms with van der Waals surface area (Å²) < 4.78 is 0. The van der Waals surface area contributed by atoms with Crippen LogP contribution in [-0.2, 0) is 4.79 Å². The van der Waals surface area contributed by atoms with E-state index in [1.165, 1.54) is 0 Å². The van der Waals surface area contributed by atoms with Gasteiger partial charge in [0.1, 0.15) is 0 Å². The lowest BCUT2D eigenvalue weighted by Gasteiger charge is -2.17. The van der Waals surface area contributed by atoms with Crippen LogP contribution in [0.4, 0.5) is 11.4 Å². The molecule has 1 amide bonds. The molecule has 0 fully saturated rings. The van der Waals surface area contributed by atoms with Gasteiger partial charge in [0.2, 0.25) is 5.91 Å². The van der Waals surface area contributed by atoms with Gasteiger partial charge in [-0.15, -0.1) is 12.4 Å². The van der Waals surface area contributed by atoms with Crippen LogP contribution in [0.2, 0.25) is 0 Å². The molecule has 0 bridgehead atoms. The molecule has 3 aromatic carbocycles. The molecule has 0 saturated carbocycles. The molecule has 0 saturated heterocycles. The van der Waals surface area contributed by atoms with Crippen molar-refractivity contribution in [3.8, 4) is 5.88 Å². The van der Waals surface area contributed by atoms with Crippen molar-refractivity contribution >= 4 is 46.3 Å². The molecule has 4 rings (SSSR count). The zero-order chi connectivity index (χ0) is 21.8. The number of aromatic hydroxyl groups is 1. The van der Waals surface area contributed by atoms with Crippen molar-refractivity contribution < 1.29 is 9.90 Å². The van der Waals surface area contributed by atoms with Gasteiger partial charge < -0.3 is 20.7 Å². The van der Waals surface area contributed by atoms with Crippen LogP contribution in [0.3, 0.4) is 0 Å². The summed E-state index contributed by atoms with van der Waals surface area (Å²) in [5.74, 6) is 0.0416. The number of aromatic amines is 1. The lowest BCUT2D eigenvalue weighted by Crippen LogP contribution is -2.27. The SMILES string of the molecule is CN(C(=O)CCN)c1ccc(N=C(c2ccccc2)c2c(O)[nH]c3ccccc23)cc1.Cl. The summed E-state index contributed by atoms with van der Waals surface area (Å²) in [4.78, 5) is 21.6. The van der Waals surface area contributed by atoms with Crippen LogP contribution >= 0.6 is 12.4 Å². The fourth-order valence-electron chi connectivity index (χ4n) is 3.54. The molecule has 0 aliphatic rings. The van der Waals surface area contributed by atoms with E-state index in [4.69, 9.17) is 10.7 Å². The number of hydrogen-bond acceptors (Lipinski definition) is 4. The van der Waals surface area contributed by atoms with Crippen LogP contribution in [-0.4, -0.2) is 35.3 Å². The molecule has 6 nitrogen and oxygen atoms in total. The van der Waals surface area contributed by atoms with E-state index in [-0.39, 0.29) is 24.2 Å². The Bertz CT molecular complexity index is 1230. The van der Waals surface area contributed by atoms with Crippen molar-refractivity contribution in [1.29, 1.82) is 0 Å². The van der Waals surface area contributed by atoms with Gasteiger partial charge in [0, 0.05) is 42.2 Å². The monoisotopic (exact) mass is 448 g/mol. The number of benzene rings is 3. The Morgan fingerprint density at radius 2 is 1.66 bits per heavy atom. The molecular weight excluding hydrogens is 424 g/mol. The summed E-state index contributed by atoms with van der Waals surface area (Å²) in [5, 5.41) is 11.6. The third-order valence-electron chi connectivity index (χ3n) is 5.18. The molecule has 0 spiro atoms. The highest BCUT2D eigenvalue weighted by Crippen LogP contribution is 2.31. The van der Waals surface area contributed by atoms with Crippen molar-refractivity contribution in [2.45, 2.75) is 6.42 Å². The van der Waals surface area contributed by atoms with Gasteiger partial charge >= 0.3 is 0 Å². The average Bonchev–Trinajstić information content (AvgIpc) is 3.13. The van der Waals surface area contributed by atoms with E-state index in [1.807, 2.05) is 78.9 Å². The van der Waals surface area contributed by atoms with Gasteiger partial charge in [-0.05, 0) is 30.3 Å². The van der Waals surface area contributed by atoms with Crippen molar-refractivity contribution in [3.05, 3.63) is 90.0 Å². The summed E-state index contributed by atoms with van der Waals surface area (Å²) in [5.41, 5.74) is 10.0. The van der Waals surface area contributed by atoms with Crippen LogP contribution in [0.15, 0.2) is 83.9 Å². The van der Waals surface area contributed by atoms with Crippen LogP contribution in [0.5, 0.6) is 5.88 Å². The number of aromatic nitrogens is 1. The Kier molecular flexibility index (Phi) is 7.30. The number of nitrogens with one attached hydrogen (secondary N) is 1. The Morgan fingerprint density at radius 1 is 1.00 bits per heavy atom. The lowest BCUT2D eigenvalue weighted by atomic mass is 10.0. The fraction of sp³-hybridized carbons (Fsp3) is 0.120. The quantitative estimate of drug-likeness (QED) is 0.370. The Hall–Kier alpha value is -3.61. The molecule has 0 aliphatic heterocycles. The predicted octanol–water partition coefficient (Wildman–Crippen LogP) is 4.78. The van der Waals surface area contributed by atoms with Crippen LogP contribution in [0.25, 0.3) is 10.9 Å². The number of para-hydroxylation sites is 1. The highest BCUT2D eigenvalue weighted by Gasteiger charge is 2.18. The molecule has 4 aromatic rings. The number of H-pyrrole nitrogens is 1. The third kappa shape index (κ3) is 4.66. The van der Waals surface area contributed by atoms with Crippen LogP contribution in [0.1, 0.15) is 17.5 Å². The second-order valence-corrected chi connectivity index (χ2v) is 7.23. The molecule has 4 N–H and O–H groups in total. The van der Waals surface area contributed by atoms with Gasteiger partial charge in [-0.3, -0.25) is 4.79 Å². The number of amides is 1. The van der Waals surface area contributed by atoms with E-state index < -0.39 is 0 Å². The first-order valence-corrected chi connectivity index (χ1v) is 10.1. The number of aliphatic imine (C=N–C) groups is 1. The van der Waals surface area contributed by atoms with Gasteiger partial charge in [-0.1, -0.05) is 48.5 Å². The number of fused-ring (bicyclic) bond motifs is 1. The third-order valence-corrected chi connectivity index (χ3v) is 5.18. The van der Waals surface area contributed by atoms with Gasteiger partial charge in [0.25, 0.3) is 0 Å².